The summed E-state index contributed by atoms with van der Waals surface area (Å²) < 4.78 is 2.18. The van der Waals surface area contributed by atoms with Crippen molar-refractivity contribution in [2.75, 3.05) is 0 Å². The highest BCUT2D eigenvalue weighted by Gasteiger charge is 2.01. The Balaban J connectivity index is 1.52. The van der Waals surface area contributed by atoms with Gasteiger partial charge in [0.25, 0.3) is 0 Å². The molecule has 0 bridgehead atoms. The molecule has 3 nitrogen and oxygen atoms in total. The van der Waals surface area contributed by atoms with Crippen molar-refractivity contribution in [1.82, 2.24) is 14.5 Å². The van der Waals surface area contributed by atoms with Gasteiger partial charge in [0.15, 0.2) is 5.65 Å². The Hall–Kier alpha value is -1.38. The summed E-state index contributed by atoms with van der Waals surface area (Å²) in [6.07, 6.45) is 17.5. The van der Waals surface area contributed by atoms with Gasteiger partial charge in [-0.1, -0.05) is 64.7 Å². The fraction of sp³-hybridized carbons (Fsp3) is 0.667. The van der Waals surface area contributed by atoms with E-state index in [1.807, 2.05) is 24.7 Å². The number of pyridine rings is 1. The van der Waals surface area contributed by atoms with Gasteiger partial charge in [0.05, 0.1) is 6.33 Å². The van der Waals surface area contributed by atoms with E-state index in [0.29, 0.717) is 0 Å². The molecule has 2 rings (SSSR count). The van der Waals surface area contributed by atoms with Gasteiger partial charge in [0.2, 0.25) is 0 Å². The molecule has 0 aliphatic heterocycles. The van der Waals surface area contributed by atoms with Crippen molar-refractivity contribution in [1.29, 1.82) is 0 Å². The van der Waals surface area contributed by atoms with Gasteiger partial charge in [0, 0.05) is 12.7 Å². The van der Waals surface area contributed by atoms with Gasteiger partial charge in [-0.2, -0.15) is 0 Å². The minimum Gasteiger partial charge on any atom is -0.315 e. The number of imidazole rings is 1. The molecule has 0 aliphatic rings. The van der Waals surface area contributed by atoms with E-state index in [1.54, 1.807) is 0 Å². The van der Waals surface area contributed by atoms with E-state index in [0.717, 1.165) is 17.7 Å². The zero-order chi connectivity index (χ0) is 14.8. The van der Waals surface area contributed by atoms with Crippen LogP contribution in [0.25, 0.3) is 11.2 Å². The van der Waals surface area contributed by atoms with Gasteiger partial charge in [0.1, 0.15) is 5.52 Å². The van der Waals surface area contributed by atoms with Crippen molar-refractivity contribution in [3.8, 4) is 0 Å². The first kappa shape index (κ1) is 16.0. The second-order valence-electron chi connectivity index (χ2n) is 5.97. The van der Waals surface area contributed by atoms with Crippen LogP contribution in [-0.2, 0) is 6.54 Å². The monoisotopic (exact) mass is 287 g/mol. The molecule has 0 atom stereocenters. The molecule has 0 saturated carbocycles. The Bertz CT molecular complexity index is 504. The van der Waals surface area contributed by atoms with Crippen LogP contribution in [0.5, 0.6) is 0 Å². The van der Waals surface area contributed by atoms with Crippen LogP contribution in [0, 0.1) is 0 Å². The van der Waals surface area contributed by atoms with E-state index in [-0.39, 0.29) is 0 Å². The van der Waals surface area contributed by atoms with Gasteiger partial charge in [-0.3, -0.25) is 0 Å². The summed E-state index contributed by atoms with van der Waals surface area (Å²) >= 11 is 0. The lowest BCUT2D eigenvalue weighted by Gasteiger charge is -2.04. The molecule has 21 heavy (non-hydrogen) atoms. The second-order valence-corrected chi connectivity index (χ2v) is 5.97. The lowest BCUT2D eigenvalue weighted by Crippen LogP contribution is -1.97. The highest BCUT2D eigenvalue weighted by Crippen LogP contribution is 2.13. The second kappa shape index (κ2) is 9.54. The number of nitrogens with zero attached hydrogens (tertiary/aromatic N) is 3. The fourth-order valence-electron chi connectivity index (χ4n) is 2.83. The van der Waals surface area contributed by atoms with Gasteiger partial charge >= 0.3 is 0 Å². The van der Waals surface area contributed by atoms with Crippen molar-refractivity contribution in [2.24, 2.45) is 0 Å². The number of unbranched alkanes of at least 4 members (excludes halogenated alkanes) is 9. The van der Waals surface area contributed by atoms with E-state index < -0.39 is 0 Å². The van der Waals surface area contributed by atoms with Crippen molar-refractivity contribution >= 4 is 11.2 Å². The first-order chi connectivity index (χ1) is 10.4. The molecule has 2 aromatic heterocycles. The zero-order valence-electron chi connectivity index (χ0n) is 13.4. The third-order valence-corrected chi connectivity index (χ3v) is 4.13. The number of aryl methyl sites for hydroxylation is 1. The topological polar surface area (TPSA) is 30.7 Å². The molecule has 116 valence electrons. The molecule has 0 N–H and O–H groups in total. The molecule has 2 heterocycles. The summed E-state index contributed by atoms with van der Waals surface area (Å²) in [6.45, 7) is 3.32. The van der Waals surface area contributed by atoms with Gasteiger partial charge in [-0.15, -0.1) is 0 Å². The Labute approximate surface area is 128 Å². The lowest BCUT2D eigenvalue weighted by molar-refractivity contribution is 0.537. The molecule has 0 unspecified atom stereocenters. The van der Waals surface area contributed by atoms with Crippen LogP contribution in [-0.4, -0.2) is 14.5 Å². The van der Waals surface area contributed by atoms with Crippen LogP contribution >= 0.6 is 0 Å². The lowest BCUT2D eigenvalue weighted by atomic mass is 10.1. The van der Waals surface area contributed by atoms with Crippen LogP contribution in [0.3, 0.4) is 0 Å². The summed E-state index contributed by atoms with van der Waals surface area (Å²) in [7, 11) is 0. The summed E-state index contributed by atoms with van der Waals surface area (Å²) in [4.78, 5) is 8.79. The molecule has 0 aromatic carbocycles. The third-order valence-electron chi connectivity index (χ3n) is 4.13. The first-order valence-electron chi connectivity index (χ1n) is 8.67. The van der Waals surface area contributed by atoms with Crippen LogP contribution in [0.4, 0.5) is 0 Å². The summed E-state index contributed by atoms with van der Waals surface area (Å²) in [5.74, 6) is 0. The van der Waals surface area contributed by atoms with E-state index in [2.05, 4.69) is 21.5 Å². The van der Waals surface area contributed by atoms with Crippen molar-refractivity contribution in [3.05, 3.63) is 24.7 Å². The molecule has 0 amide bonds. The van der Waals surface area contributed by atoms with Crippen LogP contribution < -0.4 is 0 Å². The van der Waals surface area contributed by atoms with E-state index >= 15 is 0 Å². The Morgan fingerprint density at radius 2 is 1.52 bits per heavy atom. The quantitative estimate of drug-likeness (QED) is 0.521. The average Bonchev–Trinajstić information content (AvgIpc) is 2.92. The maximum atomic E-state index is 4.41. The first-order valence-corrected chi connectivity index (χ1v) is 8.67. The van der Waals surface area contributed by atoms with Crippen molar-refractivity contribution in [2.45, 2.75) is 77.7 Å². The number of hydrogen-bond donors (Lipinski definition) is 0. The Kier molecular flexibility index (Phi) is 7.27. The third kappa shape index (κ3) is 5.49. The molecular formula is C18H29N3. The Morgan fingerprint density at radius 3 is 2.24 bits per heavy atom. The van der Waals surface area contributed by atoms with Gasteiger partial charge in [-0.25, -0.2) is 9.97 Å². The largest absolute Gasteiger partial charge is 0.315 e. The standard InChI is InChI=1S/C18H29N3/c1-2-3-4-5-6-7-8-9-10-11-15-21-16-20-17-13-12-14-19-18(17)21/h12-14,16H,2-11,15H2,1H3. The molecular weight excluding hydrogens is 258 g/mol. The maximum Gasteiger partial charge on any atom is 0.159 e. The number of aromatic nitrogens is 3. The van der Waals surface area contributed by atoms with E-state index in [4.69, 9.17) is 0 Å². The normalized spacial score (nSPS) is 11.3. The minimum absolute atomic E-state index is 1.00. The smallest absolute Gasteiger partial charge is 0.159 e. The number of rotatable bonds is 11. The summed E-state index contributed by atoms with van der Waals surface area (Å²) in [6, 6.07) is 3.97. The molecule has 0 aliphatic carbocycles. The number of fused-ring (bicyclic) bond motifs is 1. The molecule has 2 aromatic rings. The van der Waals surface area contributed by atoms with Gasteiger partial charge in [-0.05, 0) is 18.6 Å². The highest BCUT2D eigenvalue weighted by atomic mass is 15.1. The average molecular weight is 287 g/mol. The van der Waals surface area contributed by atoms with Gasteiger partial charge < -0.3 is 4.57 Å². The highest BCUT2D eigenvalue weighted by molar-refractivity contribution is 5.69. The van der Waals surface area contributed by atoms with Crippen LogP contribution in [0.2, 0.25) is 0 Å². The fourth-order valence-corrected chi connectivity index (χ4v) is 2.83. The maximum absolute atomic E-state index is 4.41. The molecule has 0 saturated heterocycles. The molecule has 0 fully saturated rings. The van der Waals surface area contributed by atoms with E-state index in [1.165, 1.54) is 64.2 Å². The van der Waals surface area contributed by atoms with Crippen LogP contribution in [0.15, 0.2) is 24.7 Å². The van der Waals surface area contributed by atoms with Crippen molar-refractivity contribution in [3.63, 3.8) is 0 Å². The summed E-state index contributed by atoms with van der Waals surface area (Å²) in [5.41, 5.74) is 2.03. The molecule has 3 heteroatoms. The minimum atomic E-state index is 1.00. The van der Waals surface area contributed by atoms with Crippen LogP contribution in [0.1, 0.15) is 71.1 Å². The number of hydrogen-bond acceptors (Lipinski definition) is 2. The van der Waals surface area contributed by atoms with E-state index in [9.17, 15) is 0 Å². The SMILES string of the molecule is CCCCCCCCCCCCn1cnc2cccnc21. The zero-order valence-corrected chi connectivity index (χ0v) is 13.4. The predicted octanol–water partition coefficient (Wildman–Crippen LogP) is 5.35. The van der Waals surface area contributed by atoms with Crippen molar-refractivity contribution < 1.29 is 0 Å². The molecule has 0 spiro atoms. The Morgan fingerprint density at radius 1 is 0.857 bits per heavy atom. The summed E-state index contributed by atoms with van der Waals surface area (Å²) in [5, 5.41) is 0. The predicted molar refractivity (Wildman–Crippen MR) is 89.4 cm³/mol. The molecule has 0 radical (unpaired) electrons.